The summed E-state index contributed by atoms with van der Waals surface area (Å²) in [6.07, 6.45) is 7.21. The number of piperidine rings is 1. The van der Waals surface area contributed by atoms with E-state index in [0.717, 1.165) is 0 Å². The number of hydrogen-bond donors (Lipinski definition) is 1. The monoisotopic (exact) mass is 237 g/mol. The fourth-order valence-corrected chi connectivity index (χ4v) is 4.32. The van der Waals surface area contributed by atoms with Crippen molar-refractivity contribution in [1.82, 2.24) is 15.2 Å². The number of hydrogen-bond acceptors (Lipinski definition) is 4. The van der Waals surface area contributed by atoms with Gasteiger partial charge in [-0.15, -0.1) is 11.3 Å². The second-order valence-corrected chi connectivity index (χ2v) is 5.75. The van der Waals surface area contributed by atoms with Crippen molar-refractivity contribution in [2.75, 3.05) is 20.1 Å². The van der Waals surface area contributed by atoms with E-state index in [4.69, 9.17) is 0 Å². The Morgan fingerprint density at radius 1 is 1.50 bits per heavy atom. The number of nitrogens with one attached hydrogen (secondary N) is 1. The van der Waals surface area contributed by atoms with Gasteiger partial charge in [-0.2, -0.15) is 0 Å². The first kappa shape index (κ1) is 10.7. The second-order valence-electron chi connectivity index (χ2n) is 4.86. The molecule has 2 fully saturated rings. The van der Waals surface area contributed by atoms with E-state index < -0.39 is 0 Å². The van der Waals surface area contributed by atoms with Crippen molar-refractivity contribution in [3.05, 3.63) is 16.6 Å². The highest BCUT2D eigenvalue weighted by molar-refractivity contribution is 7.09. The summed E-state index contributed by atoms with van der Waals surface area (Å²) in [6.45, 7) is 2.50. The van der Waals surface area contributed by atoms with Gasteiger partial charge in [-0.1, -0.05) is 6.42 Å². The molecule has 0 aliphatic carbocycles. The maximum absolute atomic E-state index is 4.56. The lowest BCUT2D eigenvalue weighted by Gasteiger charge is -2.39. The third-order valence-electron chi connectivity index (χ3n) is 4.24. The largest absolute Gasteiger partial charge is 0.307 e. The van der Waals surface area contributed by atoms with E-state index in [1.807, 2.05) is 6.20 Å². The molecule has 1 aromatic heterocycles. The van der Waals surface area contributed by atoms with E-state index in [1.165, 1.54) is 43.8 Å². The SMILES string of the molecule is CNC1(c2nccs2)CCN2CCCCC21. The summed E-state index contributed by atoms with van der Waals surface area (Å²) in [5.41, 5.74) is 0.134. The molecule has 2 aliphatic heterocycles. The molecule has 3 rings (SSSR count). The van der Waals surface area contributed by atoms with Crippen LogP contribution in [0.5, 0.6) is 0 Å². The molecule has 2 unspecified atom stereocenters. The number of nitrogens with zero attached hydrogens (tertiary/aromatic N) is 2. The van der Waals surface area contributed by atoms with E-state index in [9.17, 15) is 0 Å². The molecule has 3 nitrogen and oxygen atoms in total. The first-order valence-corrected chi connectivity index (χ1v) is 7.08. The van der Waals surface area contributed by atoms with Crippen LogP contribution < -0.4 is 5.32 Å². The smallest absolute Gasteiger partial charge is 0.114 e. The Balaban J connectivity index is 1.96. The van der Waals surface area contributed by atoms with Gasteiger partial charge in [0, 0.05) is 24.2 Å². The normalized spacial score (nSPS) is 35.2. The number of rotatable bonds is 2. The van der Waals surface area contributed by atoms with Gasteiger partial charge in [0.15, 0.2) is 0 Å². The molecule has 0 amide bonds. The molecule has 0 radical (unpaired) electrons. The molecular formula is C12H19N3S. The summed E-state index contributed by atoms with van der Waals surface area (Å²) >= 11 is 1.80. The maximum Gasteiger partial charge on any atom is 0.114 e. The third kappa shape index (κ3) is 1.44. The molecule has 16 heavy (non-hydrogen) atoms. The first-order valence-electron chi connectivity index (χ1n) is 6.20. The zero-order valence-electron chi connectivity index (χ0n) is 9.78. The summed E-state index contributed by atoms with van der Waals surface area (Å²) in [5.74, 6) is 0. The molecule has 0 aromatic carbocycles. The zero-order valence-corrected chi connectivity index (χ0v) is 10.6. The van der Waals surface area contributed by atoms with Crippen LogP contribution in [0.2, 0.25) is 0 Å². The highest BCUT2D eigenvalue weighted by Crippen LogP contribution is 2.42. The highest BCUT2D eigenvalue weighted by atomic mass is 32.1. The van der Waals surface area contributed by atoms with Crippen LogP contribution in [0.15, 0.2) is 11.6 Å². The molecule has 1 aromatic rings. The maximum atomic E-state index is 4.56. The molecule has 2 saturated heterocycles. The highest BCUT2D eigenvalue weighted by Gasteiger charge is 2.49. The minimum Gasteiger partial charge on any atom is -0.307 e. The Bertz CT molecular complexity index is 351. The summed E-state index contributed by atoms with van der Waals surface area (Å²) in [7, 11) is 2.10. The van der Waals surface area contributed by atoms with Gasteiger partial charge >= 0.3 is 0 Å². The van der Waals surface area contributed by atoms with Crippen LogP contribution in [0.4, 0.5) is 0 Å². The van der Waals surface area contributed by atoms with Gasteiger partial charge in [-0.05, 0) is 32.9 Å². The van der Waals surface area contributed by atoms with Crippen molar-refractivity contribution in [3.63, 3.8) is 0 Å². The van der Waals surface area contributed by atoms with E-state index in [1.54, 1.807) is 11.3 Å². The molecule has 4 heteroatoms. The number of fused-ring (bicyclic) bond motifs is 1. The van der Waals surface area contributed by atoms with E-state index >= 15 is 0 Å². The molecule has 1 N–H and O–H groups in total. The predicted octanol–water partition coefficient (Wildman–Crippen LogP) is 1.82. The molecule has 0 spiro atoms. The van der Waals surface area contributed by atoms with E-state index in [0.29, 0.717) is 6.04 Å². The Kier molecular flexibility index (Phi) is 2.73. The van der Waals surface area contributed by atoms with E-state index in [-0.39, 0.29) is 5.54 Å². The molecular weight excluding hydrogens is 218 g/mol. The lowest BCUT2D eigenvalue weighted by Crippen LogP contribution is -2.52. The van der Waals surface area contributed by atoms with Crippen LogP contribution in [0.25, 0.3) is 0 Å². The lowest BCUT2D eigenvalue weighted by atomic mass is 9.86. The van der Waals surface area contributed by atoms with Gasteiger partial charge in [-0.25, -0.2) is 4.98 Å². The summed E-state index contributed by atoms with van der Waals surface area (Å²) < 4.78 is 0. The fourth-order valence-electron chi connectivity index (χ4n) is 3.40. The number of likely N-dealkylation sites (N-methyl/N-ethyl adjacent to an activating group) is 1. The van der Waals surface area contributed by atoms with Crippen molar-refractivity contribution >= 4 is 11.3 Å². The summed E-state index contributed by atoms with van der Waals surface area (Å²) in [4.78, 5) is 7.22. The van der Waals surface area contributed by atoms with Crippen LogP contribution in [-0.4, -0.2) is 36.1 Å². The first-order chi connectivity index (χ1) is 7.87. The van der Waals surface area contributed by atoms with Crippen LogP contribution in [0, 0.1) is 0 Å². The van der Waals surface area contributed by atoms with Gasteiger partial charge in [0.1, 0.15) is 5.01 Å². The van der Waals surface area contributed by atoms with Crippen LogP contribution >= 0.6 is 11.3 Å². The van der Waals surface area contributed by atoms with E-state index in [2.05, 4.69) is 27.6 Å². The molecule has 88 valence electrons. The Labute approximate surface area is 101 Å². The molecule has 2 aliphatic rings. The average molecular weight is 237 g/mol. The summed E-state index contributed by atoms with van der Waals surface area (Å²) in [6, 6.07) is 0.664. The van der Waals surface area contributed by atoms with Crippen molar-refractivity contribution in [1.29, 1.82) is 0 Å². The molecule has 0 bridgehead atoms. The van der Waals surface area contributed by atoms with Crippen molar-refractivity contribution in [3.8, 4) is 0 Å². The van der Waals surface area contributed by atoms with Gasteiger partial charge in [-0.3, -0.25) is 4.90 Å². The number of aromatic nitrogens is 1. The van der Waals surface area contributed by atoms with Gasteiger partial charge in [0.2, 0.25) is 0 Å². The standard InChI is InChI=1S/C12H19N3S/c1-13-12(11-14-6-9-16-11)5-8-15-7-3-2-4-10(12)15/h6,9-10,13H,2-5,7-8H2,1H3. The van der Waals surface area contributed by atoms with Crippen LogP contribution in [0.3, 0.4) is 0 Å². The van der Waals surface area contributed by atoms with Gasteiger partial charge in [0.25, 0.3) is 0 Å². The second kappa shape index (κ2) is 4.09. The summed E-state index contributed by atoms with van der Waals surface area (Å²) in [5, 5.41) is 6.96. The Hall–Kier alpha value is -0.450. The number of thiazole rings is 1. The van der Waals surface area contributed by atoms with Crippen LogP contribution in [-0.2, 0) is 5.54 Å². The van der Waals surface area contributed by atoms with Crippen molar-refractivity contribution in [2.45, 2.75) is 37.3 Å². The zero-order chi connectivity index (χ0) is 11.0. The Morgan fingerprint density at radius 2 is 2.44 bits per heavy atom. The van der Waals surface area contributed by atoms with Gasteiger partial charge < -0.3 is 5.32 Å². The average Bonchev–Trinajstić information content (AvgIpc) is 2.97. The fraction of sp³-hybridized carbons (Fsp3) is 0.750. The third-order valence-corrected chi connectivity index (χ3v) is 5.19. The van der Waals surface area contributed by atoms with Crippen molar-refractivity contribution < 1.29 is 0 Å². The topological polar surface area (TPSA) is 28.2 Å². The van der Waals surface area contributed by atoms with Crippen molar-refractivity contribution in [2.24, 2.45) is 0 Å². The minimum absolute atomic E-state index is 0.134. The molecule has 2 atom stereocenters. The quantitative estimate of drug-likeness (QED) is 0.850. The Morgan fingerprint density at radius 3 is 3.19 bits per heavy atom. The predicted molar refractivity (Wildman–Crippen MR) is 66.7 cm³/mol. The lowest BCUT2D eigenvalue weighted by molar-refractivity contribution is 0.141. The minimum atomic E-state index is 0.134. The van der Waals surface area contributed by atoms with Gasteiger partial charge in [0.05, 0.1) is 5.54 Å². The van der Waals surface area contributed by atoms with Crippen LogP contribution in [0.1, 0.15) is 30.7 Å². The molecule has 3 heterocycles. The molecule has 0 saturated carbocycles.